The topological polar surface area (TPSA) is 63.6 Å². The number of hydrogen-bond acceptors (Lipinski definition) is 3. The maximum Gasteiger partial charge on any atom is 0.328 e. The highest BCUT2D eigenvalue weighted by Crippen LogP contribution is 2.37. The number of ketones is 1. The molecule has 0 aliphatic heterocycles. The summed E-state index contributed by atoms with van der Waals surface area (Å²) in [5.41, 5.74) is 0. The minimum Gasteiger partial charge on any atom is -0.478 e. The number of benzene rings is 2. The molecule has 0 aliphatic rings. The van der Waals surface area contributed by atoms with Gasteiger partial charge in [0, 0.05) is 18.6 Å². The second-order valence-electron chi connectivity index (χ2n) is 8.27. The molecule has 0 saturated carbocycles. The zero-order valence-electron chi connectivity index (χ0n) is 17.6. The van der Waals surface area contributed by atoms with Crippen molar-refractivity contribution in [2.24, 2.45) is 0 Å². The number of carboxylic acid groups (broad SMARTS) is 1. The number of aliphatic carboxylic acids is 1. The summed E-state index contributed by atoms with van der Waals surface area (Å²) in [5.74, 6) is -1.32. The number of rotatable bonds is 9. The number of carbonyl (C=O) groups is 2. The summed E-state index contributed by atoms with van der Waals surface area (Å²) in [6, 6.07) is 20.7. The summed E-state index contributed by atoms with van der Waals surface area (Å²) in [5, 5.41) is 10.9. The molecule has 0 amide bonds. The van der Waals surface area contributed by atoms with Crippen molar-refractivity contribution in [1.29, 1.82) is 0 Å². The maximum absolute atomic E-state index is 12.0. The van der Waals surface area contributed by atoms with Gasteiger partial charge >= 0.3 is 5.97 Å². The third-order valence-electron chi connectivity index (χ3n) is 5.00. The lowest BCUT2D eigenvalue weighted by Gasteiger charge is -2.44. The van der Waals surface area contributed by atoms with Crippen LogP contribution < -0.4 is 10.4 Å². The van der Waals surface area contributed by atoms with Crippen LogP contribution in [0.2, 0.25) is 5.04 Å². The van der Waals surface area contributed by atoms with Crippen molar-refractivity contribution in [3.8, 4) is 0 Å². The molecule has 0 heterocycles. The first-order chi connectivity index (χ1) is 13.7. The fourth-order valence-electron chi connectivity index (χ4n) is 3.65. The Hall–Kier alpha value is -2.50. The minimum atomic E-state index is -2.64. The van der Waals surface area contributed by atoms with Crippen molar-refractivity contribution in [2.45, 2.75) is 51.7 Å². The van der Waals surface area contributed by atoms with Crippen LogP contribution in [-0.2, 0) is 14.0 Å². The second kappa shape index (κ2) is 9.81. The smallest absolute Gasteiger partial charge is 0.328 e. The van der Waals surface area contributed by atoms with Gasteiger partial charge in [0.2, 0.25) is 0 Å². The Morgan fingerprint density at radius 3 is 1.86 bits per heavy atom. The molecular formula is C24H30O4Si. The molecule has 29 heavy (non-hydrogen) atoms. The Morgan fingerprint density at radius 2 is 1.45 bits per heavy atom. The van der Waals surface area contributed by atoms with Crippen LogP contribution in [-0.4, -0.2) is 31.3 Å². The van der Waals surface area contributed by atoms with Crippen LogP contribution in [0, 0.1) is 0 Å². The van der Waals surface area contributed by atoms with Crippen molar-refractivity contribution in [3.05, 3.63) is 72.8 Å². The van der Waals surface area contributed by atoms with Crippen LogP contribution in [0.1, 0.15) is 40.5 Å². The zero-order valence-corrected chi connectivity index (χ0v) is 18.6. The van der Waals surface area contributed by atoms with Gasteiger partial charge < -0.3 is 9.53 Å². The molecule has 0 fully saturated rings. The van der Waals surface area contributed by atoms with Crippen molar-refractivity contribution in [3.63, 3.8) is 0 Å². The Bertz CT molecular complexity index is 799. The standard InChI is InChI=1S/C24H30O4Si/c1-19(15-16-20(25)17-18-23(26)27)28-29(24(2,3)4,21-11-7-5-8-12-21)22-13-9-6-10-14-22/h5-14,17-19H,15-16H2,1-4H3,(H,26,27)/b18-17+. The quantitative estimate of drug-likeness (QED) is 0.502. The summed E-state index contributed by atoms with van der Waals surface area (Å²) >= 11 is 0. The highest BCUT2D eigenvalue weighted by molar-refractivity contribution is 6.99. The summed E-state index contributed by atoms with van der Waals surface area (Å²) in [6.07, 6.45) is 2.65. The lowest BCUT2D eigenvalue weighted by atomic mass is 10.1. The first kappa shape index (κ1) is 22.8. The number of carboxylic acids is 1. The minimum absolute atomic E-state index is 0.128. The van der Waals surface area contributed by atoms with Gasteiger partial charge in [-0.05, 0) is 34.8 Å². The van der Waals surface area contributed by atoms with Crippen molar-refractivity contribution in [1.82, 2.24) is 0 Å². The molecule has 0 saturated heterocycles. The summed E-state index contributed by atoms with van der Waals surface area (Å²) in [7, 11) is -2.64. The molecule has 154 valence electrons. The van der Waals surface area contributed by atoms with Crippen molar-refractivity contribution >= 4 is 30.4 Å². The van der Waals surface area contributed by atoms with Gasteiger partial charge in [-0.25, -0.2) is 4.79 Å². The molecule has 5 heteroatoms. The van der Waals surface area contributed by atoms with Crippen LogP contribution in [0.4, 0.5) is 0 Å². The van der Waals surface area contributed by atoms with Gasteiger partial charge in [0.15, 0.2) is 5.78 Å². The first-order valence-corrected chi connectivity index (χ1v) is 11.8. The molecule has 2 rings (SSSR count). The van der Waals surface area contributed by atoms with Gasteiger partial charge in [0.05, 0.1) is 0 Å². The fraction of sp³-hybridized carbons (Fsp3) is 0.333. The van der Waals surface area contributed by atoms with E-state index in [0.29, 0.717) is 6.42 Å². The molecule has 2 aromatic carbocycles. The molecule has 4 nitrogen and oxygen atoms in total. The third kappa shape index (κ3) is 5.75. The molecule has 2 aromatic rings. The molecule has 0 radical (unpaired) electrons. The van der Waals surface area contributed by atoms with Gasteiger partial charge in [-0.1, -0.05) is 81.4 Å². The van der Waals surface area contributed by atoms with Crippen molar-refractivity contribution in [2.75, 3.05) is 0 Å². The van der Waals surface area contributed by atoms with E-state index in [9.17, 15) is 9.59 Å². The number of carbonyl (C=O) groups excluding carboxylic acids is 1. The summed E-state index contributed by atoms with van der Waals surface area (Å²) < 4.78 is 6.90. The van der Waals surface area contributed by atoms with Gasteiger partial charge in [0.25, 0.3) is 8.32 Å². The van der Waals surface area contributed by atoms with E-state index in [1.165, 1.54) is 10.4 Å². The summed E-state index contributed by atoms with van der Waals surface area (Å²) in [6.45, 7) is 8.64. The van der Waals surface area contributed by atoms with Crippen LogP contribution >= 0.6 is 0 Å². The monoisotopic (exact) mass is 410 g/mol. The van der Waals surface area contributed by atoms with E-state index in [1.807, 2.05) is 43.3 Å². The highest BCUT2D eigenvalue weighted by atomic mass is 28.4. The molecule has 1 atom stereocenters. The predicted octanol–water partition coefficient (Wildman–Crippen LogP) is 3.94. The third-order valence-corrected chi connectivity index (χ3v) is 10.2. The van der Waals surface area contributed by atoms with Crippen LogP contribution in [0.25, 0.3) is 0 Å². The lowest BCUT2D eigenvalue weighted by Crippen LogP contribution is -2.67. The largest absolute Gasteiger partial charge is 0.478 e. The number of hydrogen-bond donors (Lipinski definition) is 1. The highest BCUT2D eigenvalue weighted by Gasteiger charge is 2.50. The van der Waals surface area contributed by atoms with Crippen LogP contribution in [0.3, 0.4) is 0 Å². The zero-order chi connectivity index (χ0) is 21.5. The molecule has 0 aromatic heterocycles. The molecular weight excluding hydrogens is 380 g/mol. The van der Waals surface area contributed by atoms with E-state index in [1.54, 1.807) is 0 Å². The van der Waals surface area contributed by atoms with Crippen LogP contribution in [0.5, 0.6) is 0 Å². The SMILES string of the molecule is CC(CCC(=O)/C=C/C(=O)O)O[Si](c1ccccc1)(c1ccccc1)C(C)(C)C. The Morgan fingerprint density at radius 1 is 0.966 bits per heavy atom. The molecule has 0 bridgehead atoms. The normalized spacial score (nSPS) is 13.4. The molecule has 0 spiro atoms. The van der Waals surface area contributed by atoms with E-state index < -0.39 is 14.3 Å². The fourth-order valence-corrected chi connectivity index (χ4v) is 8.38. The van der Waals surface area contributed by atoms with Gasteiger partial charge in [0.1, 0.15) is 0 Å². The Balaban J connectivity index is 2.36. The predicted molar refractivity (Wildman–Crippen MR) is 119 cm³/mol. The van der Waals surface area contributed by atoms with Gasteiger partial charge in [-0.3, -0.25) is 4.79 Å². The Labute approximate surface area is 174 Å². The average molecular weight is 411 g/mol. The Kier molecular flexibility index (Phi) is 7.71. The van der Waals surface area contributed by atoms with E-state index in [0.717, 1.165) is 12.2 Å². The molecule has 0 aliphatic carbocycles. The van der Waals surface area contributed by atoms with E-state index >= 15 is 0 Å². The second-order valence-corrected chi connectivity index (χ2v) is 12.5. The summed E-state index contributed by atoms with van der Waals surface area (Å²) in [4.78, 5) is 22.6. The van der Waals surface area contributed by atoms with Crippen LogP contribution in [0.15, 0.2) is 72.8 Å². The van der Waals surface area contributed by atoms with Crippen molar-refractivity contribution < 1.29 is 19.1 Å². The average Bonchev–Trinajstić information content (AvgIpc) is 2.69. The lowest BCUT2D eigenvalue weighted by molar-refractivity contribution is -0.131. The van der Waals surface area contributed by atoms with E-state index in [-0.39, 0.29) is 23.3 Å². The van der Waals surface area contributed by atoms with Gasteiger partial charge in [-0.15, -0.1) is 0 Å². The van der Waals surface area contributed by atoms with E-state index in [4.69, 9.17) is 9.53 Å². The molecule has 1 N–H and O–H groups in total. The van der Waals surface area contributed by atoms with E-state index in [2.05, 4.69) is 45.0 Å². The number of allylic oxidation sites excluding steroid dienone is 1. The molecule has 1 unspecified atom stereocenters. The van der Waals surface area contributed by atoms with Gasteiger partial charge in [-0.2, -0.15) is 0 Å². The first-order valence-electron chi connectivity index (χ1n) is 9.89. The maximum atomic E-state index is 12.0.